The van der Waals surface area contributed by atoms with Gasteiger partial charge in [0.15, 0.2) is 0 Å². The molecule has 0 bridgehead atoms. The number of nitrogens with zero attached hydrogens (tertiary/aromatic N) is 1. The first-order valence-electron chi connectivity index (χ1n) is 7.45. The molecule has 1 aromatic carbocycles. The number of hydrogen-bond donors (Lipinski definition) is 1. The summed E-state index contributed by atoms with van der Waals surface area (Å²) in [6.07, 6.45) is 1.45. The van der Waals surface area contributed by atoms with Gasteiger partial charge in [-0.15, -0.1) is 0 Å². The van der Waals surface area contributed by atoms with Crippen LogP contribution in [0.3, 0.4) is 0 Å². The Labute approximate surface area is 121 Å². The summed E-state index contributed by atoms with van der Waals surface area (Å²) < 4.78 is 11.5. The summed E-state index contributed by atoms with van der Waals surface area (Å²) in [4.78, 5) is 2.39. The van der Waals surface area contributed by atoms with Crippen LogP contribution in [0.4, 0.5) is 11.4 Å². The number of morpholine rings is 1. The predicted octanol–water partition coefficient (Wildman–Crippen LogP) is 3.06. The SMILES string of the molecule is CCC1COC(C)CN1c1cc(N)cc(OC(C)C)c1. The van der Waals surface area contributed by atoms with Crippen LogP contribution in [0.5, 0.6) is 5.75 Å². The van der Waals surface area contributed by atoms with Crippen molar-refractivity contribution in [3.63, 3.8) is 0 Å². The molecule has 2 unspecified atom stereocenters. The highest BCUT2D eigenvalue weighted by atomic mass is 16.5. The largest absolute Gasteiger partial charge is 0.491 e. The van der Waals surface area contributed by atoms with Crippen LogP contribution < -0.4 is 15.4 Å². The third kappa shape index (κ3) is 3.57. The van der Waals surface area contributed by atoms with Crippen molar-refractivity contribution in [3.05, 3.63) is 18.2 Å². The van der Waals surface area contributed by atoms with Gasteiger partial charge in [0.1, 0.15) is 5.75 Å². The molecule has 2 rings (SSSR count). The first kappa shape index (κ1) is 15.0. The van der Waals surface area contributed by atoms with Gasteiger partial charge in [-0.1, -0.05) is 6.92 Å². The van der Waals surface area contributed by atoms with E-state index in [1.54, 1.807) is 0 Å². The number of nitrogen functional groups attached to an aromatic ring is 1. The van der Waals surface area contributed by atoms with Crippen LogP contribution in [0, 0.1) is 0 Å². The second kappa shape index (κ2) is 6.35. The van der Waals surface area contributed by atoms with Crippen molar-refractivity contribution in [2.24, 2.45) is 0 Å². The van der Waals surface area contributed by atoms with Gasteiger partial charge in [0.25, 0.3) is 0 Å². The zero-order valence-electron chi connectivity index (χ0n) is 12.9. The average molecular weight is 278 g/mol. The second-order valence-electron chi connectivity index (χ2n) is 5.79. The minimum absolute atomic E-state index is 0.148. The first-order chi connectivity index (χ1) is 9.49. The van der Waals surface area contributed by atoms with E-state index in [0.29, 0.717) is 6.04 Å². The summed E-state index contributed by atoms with van der Waals surface area (Å²) >= 11 is 0. The van der Waals surface area contributed by atoms with Gasteiger partial charge in [0, 0.05) is 30.1 Å². The maximum Gasteiger partial charge on any atom is 0.123 e. The molecule has 1 fully saturated rings. The molecule has 1 saturated heterocycles. The summed E-state index contributed by atoms with van der Waals surface area (Å²) in [6.45, 7) is 10.0. The summed E-state index contributed by atoms with van der Waals surface area (Å²) in [6, 6.07) is 6.39. The lowest BCUT2D eigenvalue weighted by Gasteiger charge is -2.40. The van der Waals surface area contributed by atoms with E-state index in [-0.39, 0.29) is 12.2 Å². The van der Waals surface area contributed by atoms with Crippen molar-refractivity contribution >= 4 is 11.4 Å². The van der Waals surface area contributed by atoms with E-state index in [4.69, 9.17) is 15.2 Å². The third-order valence-corrected chi connectivity index (χ3v) is 3.56. The summed E-state index contributed by atoms with van der Waals surface area (Å²) in [5.41, 5.74) is 7.90. The monoisotopic (exact) mass is 278 g/mol. The molecule has 0 saturated carbocycles. The molecule has 112 valence electrons. The maximum absolute atomic E-state index is 6.03. The molecule has 2 N–H and O–H groups in total. The Morgan fingerprint density at radius 2 is 2.15 bits per heavy atom. The topological polar surface area (TPSA) is 47.7 Å². The standard InChI is InChI=1S/C16H26N2O2/c1-5-14-10-19-12(4)9-18(14)15-6-13(17)7-16(8-15)20-11(2)3/h6-8,11-12,14H,5,9-10,17H2,1-4H3. The Bertz CT molecular complexity index is 448. The minimum Gasteiger partial charge on any atom is -0.491 e. The van der Waals surface area contributed by atoms with Gasteiger partial charge in [0.05, 0.1) is 24.9 Å². The highest BCUT2D eigenvalue weighted by molar-refractivity contribution is 5.61. The molecule has 0 aromatic heterocycles. The molecule has 0 amide bonds. The van der Waals surface area contributed by atoms with Crippen molar-refractivity contribution in [3.8, 4) is 5.75 Å². The van der Waals surface area contributed by atoms with Crippen LogP contribution in [0.15, 0.2) is 18.2 Å². The molecule has 2 atom stereocenters. The minimum atomic E-state index is 0.148. The van der Waals surface area contributed by atoms with Gasteiger partial charge in [-0.2, -0.15) is 0 Å². The second-order valence-corrected chi connectivity index (χ2v) is 5.79. The molecule has 4 heteroatoms. The molecule has 4 nitrogen and oxygen atoms in total. The van der Waals surface area contributed by atoms with Crippen LogP contribution in [-0.2, 0) is 4.74 Å². The van der Waals surface area contributed by atoms with Crippen LogP contribution in [-0.4, -0.2) is 31.4 Å². The highest BCUT2D eigenvalue weighted by Gasteiger charge is 2.26. The lowest BCUT2D eigenvalue weighted by Crippen LogP contribution is -2.48. The Balaban J connectivity index is 2.27. The van der Waals surface area contributed by atoms with Gasteiger partial charge < -0.3 is 20.1 Å². The number of ether oxygens (including phenoxy) is 2. The molecule has 1 heterocycles. The number of anilines is 2. The van der Waals surface area contributed by atoms with E-state index < -0.39 is 0 Å². The smallest absolute Gasteiger partial charge is 0.123 e. The molecular weight excluding hydrogens is 252 g/mol. The van der Waals surface area contributed by atoms with Gasteiger partial charge in [-0.25, -0.2) is 0 Å². The molecule has 0 radical (unpaired) electrons. The molecule has 20 heavy (non-hydrogen) atoms. The van der Waals surface area contributed by atoms with E-state index >= 15 is 0 Å². The Morgan fingerprint density at radius 3 is 2.80 bits per heavy atom. The van der Waals surface area contributed by atoms with Gasteiger partial charge in [-0.05, 0) is 33.3 Å². The van der Waals surface area contributed by atoms with E-state index in [1.165, 1.54) is 0 Å². The zero-order valence-corrected chi connectivity index (χ0v) is 12.9. The van der Waals surface area contributed by atoms with Crippen molar-refractivity contribution in [1.82, 2.24) is 0 Å². The zero-order chi connectivity index (χ0) is 14.7. The van der Waals surface area contributed by atoms with Crippen LogP contribution in [0.1, 0.15) is 34.1 Å². The highest BCUT2D eigenvalue weighted by Crippen LogP contribution is 2.30. The average Bonchev–Trinajstić information content (AvgIpc) is 2.37. The molecule has 0 spiro atoms. The normalized spacial score (nSPS) is 23.1. The Kier molecular flexibility index (Phi) is 4.76. The fraction of sp³-hybridized carbons (Fsp3) is 0.625. The first-order valence-corrected chi connectivity index (χ1v) is 7.45. The van der Waals surface area contributed by atoms with Crippen molar-refractivity contribution in [2.45, 2.75) is 52.4 Å². The Morgan fingerprint density at radius 1 is 1.40 bits per heavy atom. The fourth-order valence-electron chi connectivity index (χ4n) is 2.61. The summed E-state index contributed by atoms with van der Waals surface area (Å²) in [7, 11) is 0. The summed E-state index contributed by atoms with van der Waals surface area (Å²) in [5, 5.41) is 0. The third-order valence-electron chi connectivity index (χ3n) is 3.56. The number of nitrogens with two attached hydrogens (primary N) is 1. The lowest BCUT2D eigenvalue weighted by molar-refractivity contribution is 0.0299. The molecule has 1 aliphatic rings. The predicted molar refractivity (Wildman–Crippen MR) is 83.5 cm³/mol. The fourth-order valence-corrected chi connectivity index (χ4v) is 2.61. The van der Waals surface area contributed by atoms with E-state index in [1.807, 2.05) is 26.0 Å². The maximum atomic E-state index is 6.03. The lowest BCUT2D eigenvalue weighted by atomic mass is 10.1. The quantitative estimate of drug-likeness (QED) is 0.860. The summed E-state index contributed by atoms with van der Waals surface area (Å²) in [5.74, 6) is 0.837. The molecule has 1 aliphatic heterocycles. The molecule has 1 aromatic rings. The van der Waals surface area contributed by atoms with Crippen molar-refractivity contribution in [2.75, 3.05) is 23.8 Å². The Hall–Kier alpha value is -1.42. The van der Waals surface area contributed by atoms with Gasteiger partial charge >= 0.3 is 0 Å². The number of benzene rings is 1. The van der Waals surface area contributed by atoms with Gasteiger partial charge in [-0.3, -0.25) is 0 Å². The van der Waals surface area contributed by atoms with E-state index in [0.717, 1.165) is 36.7 Å². The van der Waals surface area contributed by atoms with Crippen molar-refractivity contribution in [1.29, 1.82) is 0 Å². The molecule has 0 aliphatic carbocycles. The van der Waals surface area contributed by atoms with Crippen LogP contribution >= 0.6 is 0 Å². The van der Waals surface area contributed by atoms with Crippen LogP contribution in [0.25, 0.3) is 0 Å². The van der Waals surface area contributed by atoms with E-state index in [9.17, 15) is 0 Å². The van der Waals surface area contributed by atoms with Crippen LogP contribution in [0.2, 0.25) is 0 Å². The van der Waals surface area contributed by atoms with Crippen molar-refractivity contribution < 1.29 is 9.47 Å². The molecular formula is C16H26N2O2. The number of rotatable bonds is 4. The van der Waals surface area contributed by atoms with E-state index in [2.05, 4.69) is 24.8 Å². The number of hydrogen-bond acceptors (Lipinski definition) is 4. The van der Waals surface area contributed by atoms with Gasteiger partial charge in [0.2, 0.25) is 0 Å².